The number of nitrogens with zero attached hydrogens (tertiary/aromatic N) is 3. The van der Waals surface area contributed by atoms with E-state index in [1.165, 1.54) is 11.2 Å². The van der Waals surface area contributed by atoms with Gasteiger partial charge in [0.2, 0.25) is 21.8 Å². The van der Waals surface area contributed by atoms with Crippen molar-refractivity contribution in [1.82, 2.24) is 4.31 Å². The number of rotatable bonds is 5. The SMILES string of the molecule is CC(=O)N1CCCc2cc(S(=O)(=O)N3CCC[C@@H](C(=O)Nc4ccc(C)c(N(C)C)c4)C3)ccc21. The molecule has 2 heterocycles. The second kappa shape index (κ2) is 9.99. The molecule has 1 fully saturated rings. The number of aryl methyl sites for hydroxylation is 2. The molecule has 0 saturated carbocycles. The van der Waals surface area contributed by atoms with Crippen LogP contribution in [0.4, 0.5) is 17.1 Å². The highest BCUT2D eigenvalue weighted by atomic mass is 32.2. The van der Waals surface area contributed by atoms with Crippen LogP contribution < -0.4 is 15.1 Å². The van der Waals surface area contributed by atoms with Gasteiger partial charge in [-0.15, -0.1) is 0 Å². The van der Waals surface area contributed by atoms with Crippen LogP contribution in [0.5, 0.6) is 0 Å². The summed E-state index contributed by atoms with van der Waals surface area (Å²) >= 11 is 0. The second-order valence-electron chi connectivity index (χ2n) is 9.65. The fraction of sp³-hybridized carbons (Fsp3) is 0.462. The fourth-order valence-corrected chi connectivity index (χ4v) is 6.57. The van der Waals surface area contributed by atoms with E-state index in [1.54, 1.807) is 23.1 Å². The van der Waals surface area contributed by atoms with Crippen LogP contribution in [0.2, 0.25) is 0 Å². The summed E-state index contributed by atoms with van der Waals surface area (Å²) in [6.45, 7) is 4.73. The molecule has 188 valence electrons. The van der Waals surface area contributed by atoms with Crippen LogP contribution in [0.1, 0.15) is 37.3 Å². The van der Waals surface area contributed by atoms with Crippen LogP contribution in [0.3, 0.4) is 0 Å². The van der Waals surface area contributed by atoms with E-state index in [1.807, 2.05) is 44.1 Å². The Labute approximate surface area is 207 Å². The molecule has 1 atom stereocenters. The van der Waals surface area contributed by atoms with E-state index in [2.05, 4.69) is 5.32 Å². The number of hydrogen-bond donors (Lipinski definition) is 1. The zero-order chi connectivity index (χ0) is 25.3. The van der Waals surface area contributed by atoms with Crippen molar-refractivity contribution in [2.45, 2.75) is 44.4 Å². The number of anilines is 3. The second-order valence-corrected chi connectivity index (χ2v) is 11.6. The van der Waals surface area contributed by atoms with Crippen LogP contribution in [-0.2, 0) is 26.0 Å². The molecule has 8 nitrogen and oxygen atoms in total. The lowest BCUT2D eigenvalue weighted by Gasteiger charge is -2.32. The molecule has 2 aromatic rings. The van der Waals surface area contributed by atoms with Gasteiger partial charge >= 0.3 is 0 Å². The first-order valence-electron chi connectivity index (χ1n) is 12.1. The number of amides is 2. The van der Waals surface area contributed by atoms with Crippen LogP contribution in [0.15, 0.2) is 41.3 Å². The summed E-state index contributed by atoms with van der Waals surface area (Å²) in [6.07, 6.45) is 2.80. The molecule has 2 aromatic carbocycles. The molecular formula is C26H34N4O4S. The number of sulfonamides is 1. The molecule has 2 aliphatic rings. The number of carbonyl (C=O) groups is 2. The molecule has 0 spiro atoms. The minimum Gasteiger partial charge on any atom is -0.377 e. The molecule has 0 bridgehead atoms. The molecule has 0 radical (unpaired) electrons. The van der Waals surface area contributed by atoms with Gasteiger partial charge in [-0.25, -0.2) is 8.42 Å². The minimum atomic E-state index is -3.75. The summed E-state index contributed by atoms with van der Waals surface area (Å²) in [6, 6.07) is 10.8. The molecule has 2 amide bonds. The van der Waals surface area contributed by atoms with Crippen LogP contribution in [0.25, 0.3) is 0 Å². The van der Waals surface area contributed by atoms with Gasteiger partial charge in [-0.1, -0.05) is 6.07 Å². The van der Waals surface area contributed by atoms with Crippen molar-refractivity contribution in [3.63, 3.8) is 0 Å². The predicted molar refractivity (Wildman–Crippen MR) is 138 cm³/mol. The number of fused-ring (bicyclic) bond motifs is 1. The number of carbonyl (C=O) groups excluding carboxylic acids is 2. The third-order valence-electron chi connectivity index (χ3n) is 6.90. The summed E-state index contributed by atoms with van der Waals surface area (Å²) in [5.74, 6) is -0.632. The van der Waals surface area contributed by atoms with E-state index in [0.29, 0.717) is 31.6 Å². The van der Waals surface area contributed by atoms with Gasteiger partial charge in [0.15, 0.2) is 0 Å². The van der Waals surface area contributed by atoms with Crippen molar-refractivity contribution >= 4 is 38.9 Å². The van der Waals surface area contributed by atoms with E-state index in [9.17, 15) is 18.0 Å². The van der Waals surface area contributed by atoms with Crippen molar-refractivity contribution in [3.05, 3.63) is 47.5 Å². The smallest absolute Gasteiger partial charge is 0.243 e. The Morgan fingerprint density at radius 2 is 1.83 bits per heavy atom. The number of piperidine rings is 1. The Morgan fingerprint density at radius 3 is 2.54 bits per heavy atom. The zero-order valence-corrected chi connectivity index (χ0v) is 21.7. The Kier molecular flexibility index (Phi) is 7.19. The van der Waals surface area contributed by atoms with Crippen LogP contribution in [0, 0.1) is 12.8 Å². The molecule has 0 aromatic heterocycles. The molecule has 2 aliphatic heterocycles. The zero-order valence-electron chi connectivity index (χ0n) is 20.9. The van der Waals surface area contributed by atoms with E-state index in [4.69, 9.17) is 0 Å². The lowest BCUT2D eigenvalue weighted by atomic mass is 9.98. The summed E-state index contributed by atoms with van der Waals surface area (Å²) in [5.41, 5.74) is 4.49. The van der Waals surface area contributed by atoms with Crippen molar-refractivity contribution in [3.8, 4) is 0 Å². The average Bonchev–Trinajstić information content (AvgIpc) is 2.84. The number of nitrogens with one attached hydrogen (secondary N) is 1. The third-order valence-corrected chi connectivity index (χ3v) is 8.76. The van der Waals surface area contributed by atoms with Gasteiger partial charge in [-0.3, -0.25) is 9.59 Å². The third kappa shape index (κ3) is 5.21. The standard InChI is InChI=1S/C26H34N4O4S/c1-18-9-10-22(16-25(18)28(3)4)27-26(32)21-8-5-13-29(17-21)35(33,34)23-11-12-24-20(15-23)7-6-14-30(24)19(2)31/h9-12,15-16,21H,5-8,13-14,17H2,1-4H3,(H,27,32)/t21-/m1/s1. The monoisotopic (exact) mass is 498 g/mol. The average molecular weight is 499 g/mol. The number of benzene rings is 2. The lowest BCUT2D eigenvalue weighted by Crippen LogP contribution is -2.43. The van der Waals surface area contributed by atoms with E-state index < -0.39 is 15.9 Å². The van der Waals surface area contributed by atoms with Gasteiger partial charge in [0.1, 0.15) is 0 Å². The Hall–Kier alpha value is -2.91. The highest BCUT2D eigenvalue weighted by Crippen LogP contribution is 2.32. The van der Waals surface area contributed by atoms with E-state index >= 15 is 0 Å². The first kappa shape index (κ1) is 25.2. The van der Waals surface area contributed by atoms with Crippen LogP contribution in [-0.4, -0.2) is 58.3 Å². The summed E-state index contributed by atoms with van der Waals surface area (Å²) in [5, 5.41) is 2.98. The molecule has 4 rings (SSSR count). The summed E-state index contributed by atoms with van der Waals surface area (Å²) < 4.78 is 28.4. The highest BCUT2D eigenvalue weighted by Gasteiger charge is 2.34. The number of hydrogen-bond acceptors (Lipinski definition) is 5. The van der Waals surface area contributed by atoms with E-state index in [0.717, 1.165) is 35.3 Å². The minimum absolute atomic E-state index is 0.0438. The maximum absolute atomic E-state index is 13.5. The molecule has 0 unspecified atom stereocenters. The maximum Gasteiger partial charge on any atom is 0.243 e. The van der Waals surface area contributed by atoms with Crippen molar-refractivity contribution in [1.29, 1.82) is 0 Å². The molecule has 1 saturated heterocycles. The summed E-state index contributed by atoms with van der Waals surface area (Å²) in [4.78, 5) is 28.9. The van der Waals surface area contributed by atoms with Crippen molar-refractivity contribution in [2.24, 2.45) is 5.92 Å². The van der Waals surface area contributed by atoms with Gasteiger partial charge in [-0.2, -0.15) is 4.31 Å². The van der Waals surface area contributed by atoms with Gasteiger partial charge in [0, 0.05) is 57.7 Å². The lowest BCUT2D eigenvalue weighted by molar-refractivity contribution is -0.121. The molecular weight excluding hydrogens is 464 g/mol. The van der Waals surface area contributed by atoms with Gasteiger partial charge in [-0.05, 0) is 74.1 Å². The largest absolute Gasteiger partial charge is 0.377 e. The normalized spacial score (nSPS) is 18.6. The quantitative estimate of drug-likeness (QED) is 0.683. The maximum atomic E-state index is 13.5. The predicted octanol–water partition coefficient (Wildman–Crippen LogP) is 3.40. The summed E-state index contributed by atoms with van der Waals surface area (Å²) in [7, 11) is 0.156. The highest BCUT2D eigenvalue weighted by molar-refractivity contribution is 7.89. The van der Waals surface area contributed by atoms with Crippen molar-refractivity contribution in [2.75, 3.05) is 48.8 Å². The first-order chi connectivity index (χ1) is 16.6. The van der Waals surface area contributed by atoms with Gasteiger partial charge < -0.3 is 15.1 Å². The topological polar surface area (TPSA) is 90.0 Å². The van der Waals surface area contributed by atoms with E-state index in [-0.39, 0.29) is 23.3 Å². The van der Waals surface area contributed by atoms with Gasteiger partial charge in [0.05, 0.1) is 10.8 Å². The molecule has 35 heavy (non-hydrogen) atoms. The van der Waals surface area contributed by atoms with Crippen molar-refractivity contribution < 1.29 is 18.0 Å². The molecule has 9 heteroatoms. The molecule has 0 aliphatic carbocycles. The first-order valence-corrected chi connectivity index (χ1v) is 13.5. The fourth-order valence-electron chi connectivity index (χ4n) is 5.00. The Bertz CT molecular complexity index is 1240. The Morgan fingerprint density at radius 1 is 1.06 bits per heavy atom. The van der Waals surface area contributed by atoms with Crippen LogP contribution >= 0.6 is 0 Å². The molecule has 1 N–H and O–H groups in total. The van der Waals surface area contributed by atoms with Gasteiger partial charge in [0.25, 0.3) is 0 Å². The Balaban J connectivity index is 1.50.